The summed E-state index contributed by atoms with van der Waals surface area (Å²) < 4.78 is 23.1. The Morgan fingerprint density at radius 2 is 2.00 bits per heavy atom. The molecule has 0 aliphatic heterocycles. The standard InChI is InChI=1S/C5H11NO3S/c1-5(2)3-10(8,9)6-4-7/h4-5H,3H2,1-2H3,(H,6,7). The van der Waals surface area contributed by atoms with E-state index >= 15 is 0 Å². The van der Waals surface area contributed by atoms with Crippen molar-refractivity contribution in [2.45, 2.75) is 13.8 Å². The molecule has 0 aromatic carbocycles. The molecule has 0 aromatic rings. The largest absolute Gasteiger partial charge is 0.278 e. The highest BCUT2D eigenvalue weighted by Gasteiger charge is 2.09. The molecule has 10 heavy (non-hydrogen) atoms. The molecule has 0 spiro atoms. The summed E-state index contributed by atoms with van der Waals surface area (Å²) in [5, 5.41) is 0. The van der Waals surface area contributed by atoms with Crippen molar-refractivity contribution in [3.8, 4) is 0 Å². The van der Waals surface area contributed by atoms with Crippen LogP contribution in [0.3, 0.4) is 0 Å². The van der Waals surface area contributed by atoms with E-state index in [9.17, 15) is 13.2 Å². The summed E-state index contributed by atoms with van der Waals surface area (Å²) in [7, 11) is -3.35. The third-order valence-corrected chi connectivity index (χ3v) is 2.34. The maximum atomic E-state index is 10.7. The van der Waals surface area contributed by atoms with Crippen LogP contribution in [0.5, 0.6) is 0 Å². The highest BCUT2D eigenvalue weighted by atomic mass is 32.2. The zero-order valence-electron chi connectivity index (χ0n) is 5.99. The molecule has 0 fully saturated rings. The lowest BCUT2D eigenvalue weighted by Crippen LogP contribution is -2.26. The lowest BCUT2D eigenvalue weighted by Gasteiger charge is -2.03. The minimum atomic E-state index is -3.35. The molecule has 0 unspecified atom stereocenters. The van der Waals surface area contributed by atoms with E-state index in [1.807, 2.05) is 0 Å². The van der Waals surface area contributed by atoms with E-state index < -0.39 is 10.0 Å². The highest BCUT2D eigenvalue weighted by Crippen LogP contribution is 1.95. The summed E-state index contributed by atoms with van der Waals surface area (Å²) in [5.41, 5.74) is 0. The second-order valence-corrected chi connectivity index (χ2v) is 4.21. The van der Waals surface area contributed by atoms with Crippen molar-refractivity contribution in [2.75, 3.05) is 5.75 Å². The zero-order valence-corrected chi connectivity index (χ0v) is 6.81. The van der Waals surface area contributed by atoms with Gasteiger partial charge in [0.15, 0.2) is 0 Å². The van der Waals surface area contributed by atoms with E-state index in [1.165, 1.54) is 0 Å². The van der Waals surface area contributed by atoms with Gasteiger partial charge in [0.05, 0.1) is 5.75 Å². The van der Waals surface area contributed by atoms with E-state index in [1.54, 1.807) is 18.6 Å². The highest BCUT2D eigenvalue weighted by molar-refractivity contribution is 7.89. The first-order valence-corrected chi connectivity index (χ1v) is 4.57. The number of hydrogen-bond donors (Lipinski definition) is 1. The van der Waals surface area contributed by atoms with E-state index in [-0.39, 0.29) is 18.1 Å². The average molecular weight is 165 g/mol. The van der Waals surface area contributed by atoms with Gasteiger partial charge in [-0.2, -0.15) is 0 Å². The fraction of sp³-hybridized carbons (Fsp3) is 0.800. The number of nitrogens with one attached hydrogen (secondary N) is 1. The predicted molar refractivity (Wildman–Crippen MR) is 37.8 cm³/mol. The van der Waals surface area contributed by atoms with Gasteiger partial charge in [-0.1, -0.05) is 13.8 Å². The van der Waals surface area contributed by atoms with Crippen molar-refractivity contribution in [1.82, 2.24) is 4.72 Å². The Bertz CT molecular complexity index is 195. The molecule has 0 saturated heterocycles. The quantitative estimate of drug-likeness (QED) is 0.583. The summed E-state index contributed by atoms with van der Waals surface area (Å²) in [5.74, 6) is 0.0311. The Morgan fingerprint density at radius 3 is 2.30 bits per heavy atom. The molecular weight excluding hydrogens is 154 g/mol. The second-order valence-electron chi connectivity index (χ2n) is 2.41. The van der Waals surface area contributed by atoms with Gasteiger partial charge < -0.3 is 0 Å². The van der Waals surface area contributed by atoms with Crippen LogP contribution in [0.2, 0.25) is 0 Å². The SMILES string of the molecule is CC(C)CS(=O)(=O)NC=O. The minimum Gasteiger partial charge on any atom is -0.278 e. The van der Waals surface area contributed by atoms with E-state index in [4.69, 9.17) is 0 Å². The lowest BCUT2D eigenvalue weighted by molar-refractivity contribution is -0.108. The van der Waals surface area contributed by atoms with Gasteiger partial charge in [-0.3, -0.25) is 9.52 Å². The van der Waals surface area contributed by atoms with Gasteiger partial charge in [-0.25, -0.2) is 8.42 Å². The van der Waals surface area contributed by atoms with E-state index in [0.717, 1.165) is 0 Å². The van der Waals surface area contributed by atoms with Crippen molar-refractivity contribution in [2.24, 2.45) is 5.92 Å². The topological polar surface area (TPSA) is 63.2 Å². The van der Waals surface area contributed by atoms with Gasteiger partial charge in [0.2, 0.25) is 16.4 Å². The molecule has 0 saturated carbocycles. The van der Waals surface area contributed by atoms with Crippen molar-refractivity contribution in [1.29, 1.82) is 0 Å². The molecule has 60 valence electrons. The monoisotopic (exact) mass is 165 g/mol. The summed E-state index contributed by atoms with van der Waals surface area (Å²) in [6.45, 7) is 3.54. The zero-order chi connectivity index (χ0) is 8.20. The first kappa shape index (κ1) is 9.42. The van der Waals surface area contributed by atoms with Gasteiger partial charge in [-0.15, -0.1) is 0 Å². The van der Waals surface area contributed by atoms with Crippen molar-refractivity contribution in [3.05, 3.63) is 0 Å². The summed E-state index contributed by atoms with van der Waals surface area (Å²) in [6, 6.07) is 0. The molecule has 0 bridgehead atoms. The van der Waals surface area contributed by atoms with Gasteiger partial charge in [0.25, 0.3) is 0 Å². The third kappa shape index (κ3) is 4.31. The van der Waals surface area contributed by atoms with Crippen LogP contribution in [0.4, 0.5) is 0 Å². The van der Waals surface area contributed by atoms with Crippen molar-refractivity contribution < 1.29 is 13.2 Å². The van der Waals surface area contributed by atoms with Crippen molar-refractivity contribution in [3.63, 3.8) is 0 Å². The number of amides is 1. The lowest BCUT2D eigenvalue weighted by atomic mass is 10.3. The van der Waals surface area contributed by atoms with Crippen LogP contribution in [-0.2, 0) is 14.8 Å². The Morgan fingerprint density at radius 1 is 1.50 bits per heavy atom. The van der Waals surface area contributed by atoms with E-state index in [2.05, 4.69) is 0 Å². The van der Waals surface area contributed by atoms with Gasteiger partial charge in [-0.05, 0) is 5.92 Å². The molecule has 0 aliphatic carbocycles. The maximum Gasteiger partial charge on any atom is 0.234 e. The fourth-order valence-corrected chi connectivity index (χ4v) is 1.68. The number of carbonyl (C=O) groups excluding carboxylic acids is 1. The maximum absolute atomic E-state index is 10.7. The molecule has 4 nitrogen and oxygen atoms in total. The first-order valence-electron chi connectivity index (χ1n) is 2.91. The Kier molecular flexibility index (Phi) is 3.35. The van der Waals surface area contributed by atoms with Gasteiger partial charge in [0.1, 0.15) is 0 Å². The molecule has 0 aromatic heterocycles. The third-order valence-electron chi connectivity index (χ3n) is 0.780. The molecule has 1 amide bonds. The molecule has 1 N–H and O–H groups in total. The number of sulfonamides is 1. The molecular formula is C5H11NO3S. The smallest absolute Gasteiger partial charge is 0.234 e. The number of hydrogen-bond acceptors (Lipinski definition) is 3. The summed E-state index contributed by atoms with van der Waals surface area (Å²) in [6.07, 6.45) is 0.178. The molecule has 0 aliphatic rings. The predicted octanol–water partition coefficient (Wildman–Crippen LogP) is -0.282. The van der Waals surface area contributed by atoms with Crippen molar-refractivity contribution >= 4 is 16.4 Å². The fourth-order valence-electron chi connectivity index (χ4n) is 0.560. The molecule has 0 atom stereocenters. The Labute approximate surface area is 60.7 Å². The normalized spacial score (nSPS) is 11.5. The van der Waals surface area contributed by atoms with Crippen LogP contribution in [0, 0.1) is 5.92 Å². The van der Waals surface area contributed by atoms with Crippen LogP contribution >= 0.6 is 0 Å². The summed E-state index contributed by atoms with van der Waals surface area (Å²) in [4.78, 5) is 9.71. The van der Waals surface area contributed by atoms with Crippen LogP contribution < -0.4 is 4.72 Å². The number of rotatable bonds is 4. The molecule has 0 heterocycles. The van der Waals surface area contributed by atoms with Gasteiger partial charge >= 0.3 is 0 Å². The second kappa shape index (κ2) is 3.55. The molecule has 0 rings (SSSR count). The van der Waals surface area contributed by atoms with Crippen LogP contribution in [-0.4, -0.2) is 20.6 Å². The summed E-state index contributed by atoms with van der Waals surface area (Å²) >= 11 is 0. The van der Waals surface area contributed by atoms with Crippen LogP contribution in [0.25, 0.3) is 0 Å². The Hall–Kier alpha value is -0.580. The Balaban J connectivity index is 4.01. The van der Waals surface area contributed by atoms with Gasteiger partial charge in [0, 0.05) is 0 Å². The number of carbonyl (C=O) groups is 1. The minimum absolute atomic E-state index is 0.00819. The van der Waals surface area contributed by atoms with E-state index in [0.29, 0.717) is 0 Å². The molecule has 5 heteroatoms. The first-order chi connectivity index (χ1) is 4.48. The van der Waals surface area contributed by atoms with Crippen LogP contribution in [0.15, 0.2) is 0 Å². The average Bonchev–Trinajstić information content (AvgIpc) is 1.59. The molecule has 0 radical (unpaired) electrons. The van der Waals surface area contributed by atoms with Crippen LogP contribution in [0.1, 0.15) is 13.8 Å².